The molecule has 1 rings (SSSR count). The van der Waals surface area contributed by atoms with Crippen molar-refractivity contribution in [3.63, 3.8) is 0 Å². The van der Waals surface area contributed by atoms with Crippen molar-refractivity contribution >= 4 is 11.9 Å². The number of urea groups is 1. The molecule has 2 N–H and O–H groups in total. The highest BCUT2D eigenvalue weighted by Gasteiger charge is 2.13. The molecule has 116 valence electrons. The molecule has 1 aromatic carbocycles. The quantitative estimate of drug-likeness (QED) is 0.876. The summed E-state index contributed by atoms with van der Waals surface area (Å²) in [7, 11) is 0. The first-order valence-corrected chi connectivity index (χ1v) is 7.14. The van der Waals surface area contributed by atoms with Crippen molar-refractivity contribution in [1.29, 1.82) is 0 Å². The van der Waals surface area contributed by atoms with Crippen molar-refractivity contribution in [2.45, 2.75) is 39.5 Å². The molecule has 0 atom stereocenters. The van der Waals surface area contributed by atoms with Gasteiger partial charge in [-0.3, -0.25) is 10.1 Å². The fourth-order valence-electron chi connectivity index (χ4n) is 1.65. The smallest absolute Gasteiger partial charge is 0.321 e. The second-order valence-corrected chi connectivity index (χ2v) is 5.87. The lowest BCUT2D eigenvalue weighted by atomic mass is 9.87. The van der Waals surface area contributed by atoms with E-state index in [1.807, 2.05) is 31.2 Å². The molecule has 0 radical (unpaired) electrons. The molecule has 0 aromatic heterocycles. The summed E-state index contributed by atoms with van der Waals surface area (Å²) in [6, 6.07) is 7.10. The van der Waals surface area contributed by atoms with E-state index in [-0.39, 0.29) is 12.0 Å². The number of carbonyl (C=O) groups is 2. The van der Waals surface area contributed by atoms with Crippen LogP contribution in [0.3, 0.4) is 0 Å². The molecule has 0 aliphatic heterocycles. The second-order valence-electron chi connectivity index (χ2n) is 5.87. The number of imide groups is 1. The molecule has 0 aliphatic rings. The molecule has 5 heteroatoms. The summed E-state index contributed by atoms with van der Waals surface area (Å²) in [6.07, 6.45) is 0.818. The first-order chi connectivity index (χ1) is 9.82. The first kappa shape index (κ1) is 17.0. The third-order valence-electron chi connectivity index (χ3n) is 2.88. The van der Waals surface area contributed by atoms with Crippen LogP contribution in [0.5, 0.6) is 5.75 Å². The highest BCUT2D eigenvalue weighted by atomic mass is 16.5. The molecule has 0 fully saturated rings. The van der Waals surface area contributed by atoms with Crippen LogP contribution in [0.25, 0.3) is 0 Å². The molecule has 0 bridgehead atoms. The van der Waals surface area contributed by atoms with Gasteiger partial charge in [0.25, 0.3) is 5.91 Å². The fourth-order valence-corrected chi connectivity index (χ4v) is 1.65. The predicted octanol–water partition coefficient (Wildman–Crippen LogP) is 2.60. The number of hydrogen-bond donors (Lipinski definition) is 2. The topological polar surface area (TPSA) is 67.4 Å². The third-order valence-corrected chi connectivity index (χ3v) is 2.88. The lowest BCUT2D eigenvalue weighted by Crippen LogP contribution is -2.41. The molecule has 0 spiro atoms. The van der Waals surface area contributed by atoms with E-state index in [1.54, 1.807) is 0 Å². The summed E-state index contributed by atoms with van der Waals surface area (Å²) in [5.74, 6) is 0.135. The van der Waals surface area contributed by atoms with E-state index in [9.17, 15) is 9.59 Å². The Morgan fingerprint density at radius 2 is 1.76 bits per heavy atom. The molecule has 5 nitrogen and oxygen atoms in total. The van der Waals surface area contributed by atoms with Crippen molar-refractivity contribution in [3.8, 4) is 5.75 Å². The minimum atomic E-state index is -0.492. The van der Waals surface area contributed by atoms with Crippen LogP contribution in [-0.2, 0) is 10.2 Å². The number of amides is 3. The van der Waals surface area contributed by atoms with Gasteiger partial charge in [0.1, 0.15) is 5.75 Å². The van der Waals surface area contributed by atoms with Crippen molar-refractivity contribution in [1.82, 2.24) is 10.6 Å². The zero-order chi connectivity index (χ0) is 15.9. The number of hydrogen-bond acceptors (Lipinski definition) is 3. The molecule has 21 heavy (non-hydrogen) atoms. The summed E-state index contributed by atoms with van der Waals surface area (Å²) in [5.41, 5.74) is 1.27. The van der Waals surface area contributed by atoms with Gasteiger partial charge < -0.3 is 10.1 Å². The second kappa shape index (κ2) is 7.67. The van der Waals surface area contributed by atoms with Crippen LogP contribution in [0.1, 0.15) is 39.7 Å². The van der Waals surface area contributed by atoms with E-state index in [1.165, 1.54) is 5.56 Å². The normalized spacial score (nSPS) is 10.9. The van der Waals surface area contributed by atoms with E-state index in [2.05, 4.69) is 31.4 Å². The van der Waals surface area contributed by atoms with Crippen LogP contribution in [0.15, 0.2) is 24.3 Å². The number of ether oxygens (including phenoxy) is 1. The summed E-state index contributed by atoms with van der Waals surface area (Å²) in [5, 5.41) is 4.77. The number of benzene rings is 1. The first-order valence-electron chi connectivity index (χ1n) is 7.14. The highest BCUT2D eigenvalue weighted by Crippen LogP contribution is 2.24. The molecular formula is C16H24N2O3. The fraction of sp³-hybridized carbons (Fsp3) is 0.500. The van der Waals surface area contributed by atoms with Crippen LogP contribution < -0.4 is 15.4 Å². The molecule has 0 saturated heterocycles. The van der Waals surface area contributed by atoms with Crippen LogP contribution in [0, 0.1) is 0 Å². The van der Waals surface area contributed by atoms with Gasteiger partial charge in [0.15, 0.2) is 6.61 Å². The molecule has 0 aliphatic carbocycles. The Morgan fingerprint density at radius 3 is 2.29 bits per heavy atom. The lowest BCUT2D eigenvalue weighted by molar-refractivity contribution is -0.122. The van der Waals surface area contributed by atoms with Crippen LogP contribution in [0.4, 0.5) is 4.79 Å². The largest absolute Gasteiger partial charge is 0.484 e. The molecule has 0 unspecified atom stereocenters. The van der Waals surface area contributed by atoms with Crippen molar-refractivity contribution in [2.75, 3.05) is 13.2 Å². The van der Waals surface area contributed by atoms with Crippen molar-refractivity contribution < 1.29 is 14.3 Å². The lowest BCUT2D eigenvalue weighted by Gasteiger charge is -2.19. The molecule has 3 amide bonds. The molecular weight excluding hydrogens is 268 g/mol. The maximum absolute atomic E-state index is 11.5. The van der Waals surface area contributed by atoms with Crippen molar-refractivity contribution in [2.24, 2.45) is 0 Å². The van der Waals surface area contributed by atoms with Gasteiger partial charge >= 0.3 is 6.03 Å². The standard InChI is InChI=1S/C16H24N2O3/c1-5-10-17-15(20)18-14(19)11-21-13-8-6-12(7-9-13)16(2,3)4/h6-9H,5,10-11H2,1-4H3,(H2,17,18,19,20). The zero-order valence-electron chi connectivity index (χ0n) is 13.2. The Bertz CT molecular complexity index is 475. The number of rotatable bonds is 5. The number of nitrogens with one attached hydrogen (secondary N) is 2. The third kappa shape index (κ3) is 6.29. The SMILES string of the molecule is CCCNC(=O)NC(=O)COc1ccc(C(C)(C)C)cc1. The summed E-state index contributed by atoms with van der Waals surface area (Å²) >= 11 is 0. The number of carbonyl (C=O) groups excluding carboxylic acids is 2. The van der Waals surface area contributed by atoms with Crippen LogP contribution in [-0.4, -0.2) is 25.1 Å². The molecule has 0 saturated carbocycles. The predicted molar refractivity (Wildman–Crippen MR) is 82.5 cm³/mol. The van der Waals surface area contributed by atoms with E-state index >= 15 is 0 Å². The Labute approximate surface area is 126 Å². The molecule has 1 aromatic rings. The van der Waals surface area contributed by atoms with E-state index in [4.69, 9.17) is 4.74 Å². The summed E-state index contributed by atoms with van der Waals surface area (Å²) in [6.45, 7) is 8.68. The average Bonchev–Trinajstić information content (AvgIpc) is 2.42. The van der Waals surface area contributed by atoms with Gasteiger partial charge in [-0.15, -0.1) is 0 Å². The summed E-state index contributed by atoms with van der Waals surface area (Å²) in [4.78, 5) is 22.8. The van der Waals surface area contributed by atoms with Gasteiger partial charge in [-0.25, -0.2) is 4.79 Å². The monoisotopic (exact) mass is 292 g/mol. The Morgan fingerprint density at radius 1 is 1.14 bits per heavy atom. The molecule has 0 heterocycles. The van der Waals surface area contributed by atoms with E-state index in [0.717, 1.165) is 6.42 Å². The van der Waals surface area contributed by atoms with Crippen molar-refractivity contribution in [3.05, 3.63) is 29.8 Å². The highest BCUT2D eigenvalue weighted by molar-refractivity contribution is 5.94. The van der Waals surface area contributed by atoms with Gasteiger partial charge in [0.2, 0.25) is 0 Å². The maximum atomic E-state index is 11.5. The van der Waals surface area contributed by atoms with Gasteiger partial charge in [-0.05, 0) is 29.5 Å². The van der Waals surface area contributed by atoms with Crippen LogP contribution in [0.2, 0.25) is 0 Å². The minimum absolute atomic E-state index is 0.0767. The van der Waals surface area contributed by atoms with Gasteiger partial charge in [-0.2, -0.15) is 0 Å². The van der Waals surface area contributed by atoms with Gasteiger partial charge in [-0.1, -0.05) is 39.8 Å². The van der Waals surface area contributed by atoms with Gasteiger partial charge in [0, 0.05) is 6.54 Å². The van der Waals surface area contributed by atoms with E-state index in [0.29, 0.717) is 12.3 Å². The van der Waals surface area contributed by atoms with Crippen LogP contribution >= 0.6 is 0 Å². The minimum Gasteiger partial charge on any atom is -0.484 e. The Hall–Kier alpha value is -2.04. The maximum Gasteiger partial charge on any atom is 0.321 e. The Balaban J connectivity index is 2.41. The average molecular weight is 292 g/mol. The Kier molecular flexibility index (Phi) is 6.21. The summed E-state index contributed by atoms with van der Waals surface area (Å²) < 4.78 is 5.35. The van der Waals surface area contributed by atoms with E-state index < -0.39 is 11.9 Å². The zero-order valence-corrected chi connectivity index (χ0v) is 13.2. The van der Waals surface area contributed by atoms with Gasteiger partial charge in [0.05, 0.1) is 0 Å².